The van der Waals surface area contributed by atoms with Crippen LogP contribution >= 0.6 is 0 Å². The third-order valence-corrected chi connectivity index (χ3v) is 3.11. The van der Waals surface area contributed by atoms with E-state index in [1.807, 2.05) is 6.92 Å². The van der Waals surface area contributed by atoms with E-state index in [2.05, 4.69) is 20.6 Å². The van der Waals surface area contributed by atoms with Crippen molar-refractivity contribution in [3.63, 3.8) is 0 Å². The molecule has 0 atom stereocenters. The molecule has 2 aromatic rings. The van der Waals surface area contributed by atoms with Crippen LogP contribution in [0.15, 0.2) is 24.3 Å². The minimum atomic E-state index is -0.367. The normalized spacial score (nSPS) is 10.1. The van der Waals surface area contributed by atoms with Gasteiger partial charge in [0.05, 0.1) is 30.8 Å². The summed E-state index contributed by atoms with van der Waals surface area (Å²) in [5.41, 5.74) is 2.52. The van der Waals surface area contributed by atoms with Crippen LogP contribution in [0.4, 0.5) is 16.2 Å². The molecule has 1 heterocycles. The van der Waals surface area contributed by atoms with Crippen molar-refractivity contribution < 1.29 is 14.3 Å². The van der Waals surface area contributed by atoms with Gasteiger partial charge >= 0.3 is 12.0 Å². The third kappa shape index (κ3) is 4.32. The highest BCUT2D eigenvalue weighted by atomic mass is 16.5. The van der Waals surface area contributed by atoms with Crippen molar-refractivity contribution in [3.8, 4) is 11.8 Å². The molecule has 0 radical (unpaired) electrons. The van der Waals surface area contributed by atoms with Crippen LogP contribution in [0.1, 0.15) is 18.3 Å². The smallest absolute Gasteiger partial charge is 0.323 e. The van der Waals surface area contributed by atoms with E-state index in [1.165, 1.54) is 0 Å². The highest BCUT2D eigenvalue weighted by Gasteiger charge is 2.12. The van der Waals surface area contributed by atoms with Gasteiger partial charge in [0.2, 0.25) is 0 Å². The van der Waals surface area contributed by atoms with Gasteiger partial charge in [-0.25, -0.2) is 4.79 Å². The average Bonchev–Trinajstić information content (AvgIpc) is 2.52. The lowest BCUT2D eigenvalue weighted by Gasteiger charge is -2.13. The summed E-state index contributed by atoms with van der Waals surface area (Å²) in [6.45, 7) is 5.94. The first-order chi connectivity index (χ1) is 11.0. The molecule has 0 aliphatic carbocycles. The van der Waals surface area contributed by atoms with Crippen LogP contribution in [0, 0.1) is 13.8 Å². The van der Waals surface area contributed by atoms with E-state index >= 15 is 0 Å². The fourth-order valence-corrected chi connectivity index (χ4v) is 2.01. The molecule has 2 amide bonds. The number of benzene rings is 1. The summed E-state index contributed by atoms with van der Waals surface area (Å²) in [6, 6.07) is 7.00. The summed E-state index contributed by atoms with van der Waals surface area (Å²) in [6.07, 6.45) is 0. The number of aromatic nitrogens is 2. The number of nitrogens with zero attached hydrogens (tertiary/aromatic N) is 2. The number of nitrogens with one attached hydrogen (secondary N) is 2. The molecule has 0 unspecified atom stereocenters. The second-order valence-corrected chi connectivity index (χ2v) is 4.79. The summed E-state index contributed by atoms with van der Waals surface area (Å²) < 4.78 is 10.4. The average molecular weight is 316 g/mol. The first-order valence-electron chi connectivity index (χ1n) is 7.23. The maximum Gasteiger partial charge on any atom is 0.323 e. The van der Waals surface area contributed by atoms with Gasteiger partial charge in [-0.15, -0.1) is 0 Å². The zero-order valence-electron chi connectivity index (χ0n) is 13.6. The van der Waals surface area contributed by atoms with Crippen LogP contribution in [0.2, 0.25) is 0 Å². The van der Waals surface area contributed by atoms with Gasteiger partial charge in [-0.2, -0.15) is 9.97 Å². The Morgan fingerprint density at radius 3 is 2.22 bits per heavy atom. The van der Waals surface area contributed by atoms with Crippen LogP contribution in [-0.2, 0) is 0 Å². The van der Waals surface area contributed by atoms with E-state index < -0.39 is 0 Å². The third-order valence-electron chi connectivity index (χ3n) is 3.11. The van der Waals surface area contributed by atoms with Gasteiger partial charge in [0, 0.05) is 5.69 Å². The summed E-state index contributed by atoms with van der Waals surface area (Å²) >= 11 is 0. The van der Waals surface area contributed by atoms with Crippen LogP contribution < -0.4 is 20.1 Å². The molecule has 2 rings (SSSR count). The summed E-state index contributed by atoms with van der Waals surface area (Å²) in [4.78, 5) is 20.5. The standard InChI is InChI=1S/C16H20N4O3/c1-5-23-16-17-10(2)14(11(3)18-16)20-15(21)19-12-6-8-13(22-4)9-7-12/h6-9H,5H2,1-4H3,(H2,19,20,21). The SMILES string of the molecule is CCOc1nc(C)c(NC(=O)Nc2ccc(OC)cc2)c(C)n1. The number of anilines is 2. The molecule has 23 heavy (non-hydrogen) atoms. The molecular formula is C16H20N4O3. The Kier molecular flexibility index (Phi) is 5.35. The minimum absolute atomic E-state index is 0.309. The molecule has 0 saturated heterocycles. The maximum absolute atomic E-state index is 12.1. The number of aryl methyl sites for hydroxylation is 2. The number of methoxy groups -OCH3 is 1. The fourth-order valence-electron chi connectivity index (χ4n) is 2.01. The molecule has 7 heteroatoms. The number of amides is 2. The summed E-state index contributed by atoms with van der Waals surface area (Å²) in [5.74, 6) is 0.725. The van der Waals surface area contributed by atoms with E-state index in [1.54, 1.807) is 45.2 Å². The van der Waals surface area contributed by atoms with Crippen LogP contribution in [0.25, 0.3) is 0 Å². The Morgan fingerprint density at radius 1 is 1.09 bits per heavy atom. The molecule has 0 saturated carbocycles. The number of rotatable bonds is 5. The molecule has 7 nitrogen and oxygen atoms in total. The minimum Gasteiger partial charge on any atom is -0.497 e. The van der Waals surface area contributed by atoms with Gasteiger partial charge in [-0.1, -0.05) is 0 Å². The summed E-state index contributed by atoms with van der Waals surface area (Å²) in [5, 5.41) is 5.51. The zero-order valence-corrected chi connectivity index (χ0v) is 13.6. The zero-order chi connectivity index (χ0) is 16.8. The Hall–Kier alpha value is -2.83. The molecule has 0 aliphatic heterocycles. The lowest BCUT2D eigenvalue weighted by Crippen LogP contribution is -2.21. The highest BCUT2D eigenvalue weighted by Crippen LogP contribution is 2.20. The number of carbonyl (C=O) groups excluding carboxylic acids is 1. The molecule has 1 aromatic carbocycles. The lowest BCUT2D eigenvalue weighted by atomic mass is 10.3. The molecule has 0 fully saturated rings. The monoisotopic (exact) mass is 316 g/mol. The van der Waals surface area contributed by atoms with Gasteiger partial charge in [0.1, 0.15) is 5.75 Å². The molecule has 1 aromatic heterocycles. The van der Waals surface area contributed by atoms with Crippen molar-refractivity contribution in [1.82, 2.24) is 9.97 Å². The second kappa shape index (κ2) is 7.44. The van der Waals surface area contributed by atoms with Crippen molar-refractivity contribution in [2.75, 3.05) is 24.4 Å². The van der Waals surface area contributed by atoms with Gasteiger partial charge in [0.15, 0.2) is 0 Å². The maximum atomic E-state index is 12.1. The molecule has 0 bridgehead atoms. The Bertz CT molecular complexity index is 663. The van der Waals surface area contributed by atoms with Gasteiger partial charge in [-0.05, 0) is 45.0 Å². The van der Waals surface area contributed by atoms with Crippen LogP contribution in [0.5, 0.6) is 11.8 Å². The molecule has 0 spiro atoms. The Balaban J connectivity index is 2.07. The number of ether oxygens (including phenoxy) is 2. The van der Waals surface area contributed by atoms with E-state index in [4.69, 9.17) is 9.47 Å². The topological polar surface area (TPSA) is 85.4 Å². The number of urea groups is 1. The van der Waals surface area contributed by atoms with Gasteiger partial charge in [0.25, 0.3) is 0 Å². The molecule has 2 N–H and O–H groups in total. The first-order valence-corrected chi connectivity index (χ1v) is 7.23. The molecule has 0 aliphatic rings. The van der Waals surface area contributed by atoms with Crippen LogP contribution in [0.3, 0.4) is 0 Å². The number of carbonyl (C=O) groups is 1. The predicted octanol–water partition coefficient (Wildman–Crippen LogP) is 3.14. The van der Waals surface area contributed by atoms with Crippen LogP contribution in [-0.4, -0.2) is 29.7 Å². The Labute approximate surface area is 135 Å². The van der Waals surface area contributed by atoms with Crippen molar-refractivity contribution in [2.24, 2.45) is 0 Å². The Morgan fingerprint density at radius 2 is 1.70 bits per heavy atom. The quantitative estimate of drug-likeness (QED) is 0.885. The van der Waals surface area contributed by atoms with Gasteiger partial charge < -0.3 is 20.1 Å². The number of hydrogen-bond acceptors (Lipinski definition) is 5. The van der Waals surface area contributed by atoms with Crippen molar-refractivity contribution in [3.05, 3.63) is 35.7 Å². The second-order valence-electron chi connectivity index (χ2n) is 4.79. The van der Waals surface area contributed by atoms with Crippen molar-refractivity contribution in [1.29, 1.82) is 0 Å². The summed E-state index contributed by atoms with van der Waals surface area (Å²) in [7, 11) is 1.59. The van der Waals surface area contributed by atoms with E-state index in [0.717, 1.165) is 5.75 Å². The molecular weight excluding hydrogens is 296 g/mol. The fraction of sp³-hybridized carbons (Fsp3) is 0.312. The van der Waals surface area contributed by atoms with Gasteiger partial charge in [-0.3, -0.25) is 0 Å². The van der Waals surface area contributed by atoms with E-state index in [0.29, 0.717) is 35.4 Å². The van der Waals surface area contributed by atoms with Crippen molar-refractivity contribution >= 4 is 17.4 Å². The first kappa shape index (κ1) is 16.5. The number of hydrogen-bond donors (Lipinski definition) is 2. The highest BCUT2D eigenvalue weighted by molar-refractivity contribution is 6.00. The predicted molar refractivity (Wildman–Crippen MR) is 88.3 cm³/mol. The van der Waals surface area contributed by atoms with E-state index in [-0.39, 0.29) is 6.03 Å². The van der Waals surface area contributed by atoms with E-state index in [9.17, 15) is 4.79 Å². The largest absolute Gasteiger partial charge is 0.497 e. The molecule has 122 valence electrons. The lowest BCUT2D eigenvalue weighted by molar-refractivity contribution is 0.262. The van der Waals surface area contributed by atoms with Crippen molar-refractivity contribution in [2.45, 2.75) is 20.8 Å².